The fourth-order valence-corrected chi connectivity index (χ4v) is 1.03. The van der Waals surface area contributed by atoms with Crippen LogP contribution in [0.1, 0.15) is 13.8 Å². The van der Waals surface area contributed by atoms with Crippen LogP contribution in [0.15, 0.2) is 6.07 Å². The molecule has 0 radical (unpaired) electrons. The van der Waals surface area contributed by atoms with Gasteiger partial charge in [-0.2, -0.15) is 0 Å². The van der Waals surface area contributed by atoms with Crippen molar-refractivity contribution in [2.45, 2.75) is 19.9 Å². The number of hydrogen-bond donors (Lipinski definition) is 2. The Labute approximate surface area is 79.9 Å². The van der Waals surface area contributed by atoms with E-state index in [1.807, 2.05) is 0 Å². The first-order chi connectivity index (χ1) is 6.43. The number of nitrogen functional groups attached to an aromatic ring is 1. The van der Waals surface area contributed by atoms with Crippen LogP contribution >= 0.6 is 0 Å². The molecule has 0 fully saturated rings. The fourth-order valence-electron chi connectivity index (χ4n) is 1.03. The first-order valence-corrected chi connectivity index (χ1v) is 4.13. The summed E-state index contributed by atoms with van der Waals surface area (Å²) in [6.45, 7) is 3.38. The maximum Gasteiger partial charge on any atom is 0.187 e. The Balaban J connectivity index is 3.22. The minimum atomic E-state index is -1.28. The van der Waals surface area contributed by atoms with Crippen LogP contribution in [0, 0.1) is 17.5 Å². The molecule has 0 atom stereocenters. The first-order valence-electron chi connectivity index (χ1n) is 4.13. The zero-order valence-corrected chi connectivity index (χ0v) is 7.87. The van der Waals surface area contributed by atoms with Crippen molar-refractivity contribution < 1.29 is 13.2 Å². The minimum absolute atomic E-state index is 0.193. The summed E-state index contributed by atoms with van der Waals surface area (Å²) in [5.41, 5.74) is 4.03. The lowest BCUT2D eigenvalue weighted by molar-refractivity contribution is 0.501. The van der Waals surface area contributed by atoms with Gasteiger partial charge in [0.05, 0.1) is 5.69 Å². The van der Waals surface area contributed by atoms with Crippen molar-refractivity contribution in [3.63, 3.8) is 0 Å². The van der Waals surface area contributed by atoms with Gasteiger partial charge in [0.25, 0.3) is 0 Å². The van der Waals surface area contributed by atoms with Gasteiger partial charge in [-0.3, -0.25) is 0 Å². The second-order valence-electron chi connectivity index (χ2n) is 3.25. The molecule has 0 saturated heterocycles. The van der Waals surface area contributed by atoms with E-state index in [-0.39, 0.29) is 6.04 Å². The highest BCUT2D eigenvalue weighted by Gasteiger charge is 2.17. The number of anilines is 2. The van der Waals surface area contributed by atoms with Crippen molar-refractivity contribution in [2.75, 3.05) is 11.1 Å². The van der Waals surface area contributed by atoms with E-state index >= 15 is 0 Å². The first kappa shape index (κ1) is 10.7. The van der Waals surface area contributed by atoms with Crippen molar-refractivity contribution in [3.8, 4) is 0 Å². The molecule has 78 valence electrons. The van der Waals surface area contributed by atoms with Crippen LogP contribution in [0.4, 0.5) is 24.5 Å². The van der Waals surface area contributed by atoms with Gasteiger partial charge < -0.3 is 11.1 Å². The Morgan fingerprint density at radius 3 is 2.29 bits per heavy atom. The van der Waals surface area contributed by atoms with Crippen molar-refractivity contribution in [3.05, 3.63) is 23.5 Å². The highest BCUT2D eigenvalue weighted by atomic mass is 19.2. The Kier molecular flexibility index (Phi) is 2.88. The van der Waals surface area contributed by atoms with E-state index in [2.05, 4.69) is 5.32 Å². The molecule has 14 heavy (non-hydrogen) atoms. The molecule has 3 N–H and O–H groups in total. The van der Waals surface area contributed by atoms with Gasteiger partial charge in [0.2, 0.25) is 0 Å². The van der Waals surface area contributed by atoms with Crippen molar-refractivity contribution in [1.82, 2.24) is 0 Å². The number of benzene rings is 1. The number of hydrogen-bond acceptors (Lipinski definition) is 2. The molecule has 0 unspecified atom stereocenters. The summed E-state index contributed by atoms with van der Waals surface area (Å²) in [5.74, 6) is -3.40. The second-order valence-corrected chi connectivity index (χ2v) is 3.25. The van der Waals surface area contributed by atoms with Gasteiger partial charge in [-0.15, -0.1) is 0 Å². The molecule has 5 heteroatoms. The molecular formula is C9H11F3N2. The van der Waals surface area contributed by atoms with E-state index in [9.17, 15) is 13.2 Å². The average molecular weight is 204 g/mol. The van der Waals surface area contributed by atoms with Gasteiger partial charge >= 0.3 is 0 Å². The molecule has 0 bridgehead atoms. The van der Waals surface area contributed by atoms with E-state index in [1.165, 1.54) is 0 Å². The average Bonchev–Trinajstić information content (AvgIpc) is 2.09. The fraction of sp³-hybridized carbons (Fsp3) is 0.333. The summed E-state index contributed by atoms with van der Waals surface area (Å²) < 4.78 is 39.1. The molecule has 1 aromatic carbocycles. The van der Waals surface area contributed by atoms with Crippen LogP contribution in [0.3, 0.4) is 0 Å². The minimum Gasteiger partial charge on any atom is -0.396 e. The van der Waals surface area contributed by atoms with E-state index in [0.29, 0.717) is 0 Å². The van der Waals surface area contributed by atoms with Gasteiger partial charge in [-0.1, -0.05) is 0 Å². The normalized spacial score (nSPS) is 10.7. The van der Waals surface area contributed by atoms with Gasteiger partial charge in [-0.25, -0.2) is 13.2 Å². The predicted octanol–water partition coefficient (Wildman–Crippen LogP) is 2.51. The van der Waals surface area contributed by atoms with E-state index in [4.69, 9.17) is 5.73 Å². The lowest BCUT2D eigenvalue weighted by atomic mass is 10.2. The zero-order chi connectivity index (χ0) is 10.9. The standard InChI is InChI=1S/C9H11F3N2/c1-4(2)14-9-5(10)3-6(13)7(11)8(9)12/h3-4,14H,13H2,1-2H3. The largest absolute Gasteiger partial charge is 0.396 e. The molecule has 0 aromatic heterocycles. The third-order valence-corrected chi connectivity index (χ3v) is 1.62. The number of nitrogens with one attached hydrogen (secondary N) is 1. The van der Waals surface area contributed by atoms with Gasteiger partial charge in [0.15, 0.2) is 17.5 Å². The third-order valence-electron chi connectivity index (χ3n) is 1.62. The molecular weight excluding hydrogens is 193 g/mol. The van der Waals surface area contributed by atoms with Crippen LogP contribution in [-0.4, -0.2) is 6.04 Å². The number of nitrogens with two attached hydrogens (primary N) is 1. The van der Waals surface area contributed by atoms with E-state index in [1.54, 1.807) is 13.8 Å². The van der Waals surface area contributed by atoms with Crippen LogP contribution in [0.5, 0.6) is 0 Å². The molecule has 1 aromatic rings. The molecule has 1 rings (SSSR count). The van der Waals surface area contributed by atoms with Crippen molar-refractivity contribution in [2.24, 2.45) is 0 Å². The number of halogens is 3. The Bertz CT molecular complexity index is 350. The molecule has 0 aliphatic heterocycles. The lowest BCUT2D eigenvalue weighted by Crippen LogP contribution is -2.14. The smallest absolute Gasteiger partial charge is 0.187 e. The third kappa shape index (κ3) is 1.92. The zero-order valence-electron chi connectivity index (χ0n) is 7.87. The van der Waals surface area contributed by atoms with E-state index in [0.717, 1.165) is 6.07 Å². The summed E-state index contributed by atoms with van der Waals surface area (Å²) in [6, 6.07) is 0.561. The molecule has 0 spiro atoms. The van der Waals surface area contributed by atoms with Crippen molar-refractivity contribution >= 4 is 11.4 Å². The SMILES string of the molecule is CC(C)Nc1c(F)cc(N)c(F)c1F. The van der Waals surface area contributed by atoms with Crippen LogP contribution in [-0.2, 0) is 0 Å². The maximum atomic E-state index is 13.1. The van der Waals surface area contributed by atoms with E-state index < -0.39 is 28.8 Å². The van der Waals surface area contributed by atoms with Crippen molar-refractivity contribution in [1.29, 1.82) is 0 Å². The summed E-state index contributed by atoms with van der Waals surface area (Å²) >= 11 is 0. The van der Waals surface area contributed by atoms with Gasteiger partial charge in [0.1, 0.15) is 5.69 Å². The van der Waals surface area contributed by atoms with Gasteiger partial charge in [-0.05, 0) is 13.8 Å². The summed E-state index contributed by atoms with van der Waals surface area (Å²) in [7, 11) is 0. The Morgan fingerprint density at radius 2 is 1.79 bits per heavy atom. The summed E-state index contributed by atoms with van der Waals surface area (Å²) in [5, 5.41) is 2.46. The Hall–Kier alpha value is -1.39. The molecule has 0 amide bonds. The monoisotopic (exact) mass is 204 g/mol. The molecule has 0 aliphatic rings. The molecule has 0 heterocycles. The highest BCUT2D eigenvalue weighted by Crippen LogP contribution is 2.26. The van der Waals surface area contributed by atoms with Gasteiger partial charge in [0, 0.05) is 12.1 Å². The summed E-state index contributed by atoms with van der Waals surface area (Å²) in [6.07, 6.45) is 0. The summed E-state index contributed by atoms with van der Waals surface area (Å²) in [4.78, 5) is 0. The van der Waals surface area contributed by atoms with Crippen LogP contribution in [0.25, 0.3) is 0 Å². The lowest BCUT2D eigenvalue weighted by Gasteiger charge is -2.12. The second kappa shape index (κ2) is 3.77. The highest BCUT2D eigenvalue weighted by molar-refractivity contribution is 5.55. The van der Waals surface area contributed by atoms with Crippen LogP contribution in [0.2, 0.25) is 0 Å². The topological polar surface area (TPSA) is 38.0 Å². The number of rotatable bonds is 2. The quantitative estimate of drug-likeness (QED) is 0.573. The molecule has 2 nitrogen and oxygen atoms in total. The molecule has 0 aliphatic carbocycles. The van der Waals surface area contributed by atoms with Crippen LogP contribution < -0.4 is 11.1 Å². The Morgan fingerprint density at radius 1 is 1.21 bits per heavy atom. The molecule has 0 saturated carbocycles. The predicted molar refractivity (Wildman–Crippen MR) is 49.5 cm³/mol. The maximum absolute atomic E-state index is 13.1.